The van der Waals surface area contributed by atoms with Crippen LogP contribution in [0.25, 0.3) is 10.9 Å². The SMILES string of the molecule is CCN(CC)CCCC(C)N(C(=O)OC1CCC(CCC(P(=O)(O)O)P(=O)(O)O)C1)c1ccnc2cc(Cl)ccc12. The van der Waals surface area contributed by atoms with Crippen LogP contribution in [0.15, 0.2) is 30.5 Å². The molecule has 1 aromatic carbocycles. The predicted molar refractivity (Wildman–Crippen MR) is 160 cm³/mol. The monoisotopic (exact) mass is 633 g/mol. The third kappa shape index (κ3) is 9.47. The summed E-state index contributed by atoms with van der Waals surface area (Å²) in [5.74, 6) is -0.0720. The van der Waals surface area contributed by atoms with Crippen molar-refractivity contribution in [3.8, 4) is 0 Å². The van der Waals surface area contributed by atoms with Gasteiger partial charge in [0.25, 0.3) is 0 Å². The van der Waals surface area contributed by atoms with Gasteiger partial charge in [-0.1, -0.05) is 25.4 Å². The average Bonchev–Trinajstić information content (AvgIpc) is 3.32. The van der Waals surface area contributed by atoms with Gasteiger partial charge in [-0.2, -0.15) is 0 Å². The Morgan fingerprint density at radius 3 is 2.41 bits per heavy atom. The lowest BCUT2D eigenvalue weighted by Gasteiger charge is -2.31. The quantitative estimate of drug-likeness (QED) is 0.182. The van der Waals surface area contributed by atoms with E-state index in [1.165, 1.54) is 0 Å². The van der Waals surface area contributed by atoms with Crippen LogP contribution in [0.1, 0.15) is 65.7 Å². The molecule has 1 aliphatic rings. The van der Waals surface area contributed by atoms with Gasteiger partial charge in [0.15, 0.2) is 5.40 Å². The molecule has 0 saturated heterocycles. The minimum absolute atomic E-state index is 0.0720. The third-order valence-electron chi connectivity index (χ3n) is 7.94. The van der Waals surface area contributed by atoms with Gasteiger partial charge in [-0.15, -0.1) is 0 Å². The van der Waals surface area contributed by atoms with Crippen LogP contribution in [0.3, 0.4) is 0 Å². The lowest BCUT2D eigenvalue weighted by atomic mass is 10.0. The summed E-state index contributed by atoms with van der Waals surface area (Å²) in [5.41, 5.74) is 1.33. The van der Waals surface area contributed by atoms with E-state index >= 15 is 0 Å². The fourth-order valence-electron chi connectivity index (χ4n) is 5.63. The number of carbonyl (C=O) groups is 1. The van der Waals surface area contributed by atoms with Crippen molar-refractivity contribution in [3.63, 3.8) is 0 Å². The topological polar surface area (TPSA) is 161 Å². The molecule has 1 heterocycles. The first kappa shape index (κ1) is 33.9. The van der Waals surface area contributed by atoms with Crippen molar-refractivity contribution in [2.45, 2.75) is 83.3 Å². The van der Waals surface area contributed by atoms with Crippen LogP contribution >= 0.6 is 26.8 Å². The van der Waals surface area contributed by atoms with Crippen LogP contribution < -0.4 is 4.90 Å². The Balaban J connectivity index is 1.74. The molecule has 0 aliphatic heterocycles. The van der Waals surface area contributed by atoms with Crippen LogP contribution in [0.2, 0.25) is 5.02 Å². The summed E-state index contributed by atoms with van der Waals surface area (Å²) >= 11 is 6.19. The number of benzene rings is 1. The van der Waals surface area contributed by atoms with Gasteiger partial charge >= 0.3 is 21.3 Å². The first-order valence-corrected chi connectivity index (χ1v) is 17.9. The van der Waals surface area contributed by atoms with E-state index in [-0.39, 0.29) is 24.8 Å². The zero-order valence-corrected chi connectivity index (χ0v) is 26.3. The summed E-state index contributed by atoms with van der Waals surface area (Å²) in [6, 6.07) is 6.96. The molecule has 14 heteroatoms. The highest BCUT2D eigenvalue weighted by Gasteiger charge is 2.43. The van der Waals surface area contributed by atoms with Crippen LogP contribution in [0.4, 0.5) is 10.5 Å². The number of fused-ring (bicyclic) bond motifs is 1. The number of carbonyl (C=O) groups excluding carboxylic acids is 1. The van der Waals surface area contributed by atoms with Crippen LogP contribution in [-0.4, -0.2) is 72.7 Å². The standard InChI is InChI=1S/C27H42ClN3O8P2/c1-4-30(5-2)16-6-7-19(3)31(25-14-15-29-24-18-21(28)10-12-23(24)25)27(32)39-22-11-8-20(17-22)9-13-26(40(33,34)35)41(36,37)38/h10,12,14-15,18-20,22,26H,4-9,11,13,16-17H2,1-3H3,(H2,33,34,35)(H2,36,37,38). The number of pyridine rings is 1. The molecule has 3 unspecified atom stereocenters. The Morgan fingerprint density at radius 1 is 1.10 bits per heavy atom. The molecule has 41 heavy (non-hydrogen) atoms. The average molecular weight is 634 g/mol. The lowest BCUT2D eigenvalue weighted by Crippen LogP contribution is -2.41. The summed E-state index contributed by atoms with van der Waals surface area (Å²) in [5, 5.41) is -0.701. The fraction of sp³-hybridized carbons (Fsp3) is 0.630. The minimum Gasteiger partial charge on any atom is -0.446 e. The van der Waals surface area contributed by atoms with Crippen LogP contribution in [0, 0.1) is 5.92 Å². The van der Waals surface area contributed by atoms with Gasteiger partial charge < -0.3 is 29.2 Å². The van der Waals surface area contributed by atoms with Gasteiger partial charge in [0.2, 0.25) is 0 Å². The zero-order chi connectivity index (χ0) is 30.4. The number of aromatic nitrogens is 1. The van der Waals surface area contributed by atoms with Gasteiger partial charge in [0.05, 0.1) is 11.2 Å². The second kappa shape index (κ2) is 14.8. The first-order chi connectivity index (χ1) is 19.2. The van der Waals surface area contributed by atoms with Crippen molar-refractivity contribution in [1.29, 1.82) is 0 Å². The Morgan fingerprint density at radius 2 is 1.78 bits per heavy atom. The maximum absolute atomic E-state index is 13.7. The molecule has 3 rings (SSSR count). The van der Waals surface area contributed by atoms with E-state index in [1.54, 1.807) is 29.3 Å². The number of nitrogens with zero attached hydrogens (tertiary/aromatic N) is 3. The van der Waals surface area contributed by atoms with Crippen molar-refractivity contribution >= 4 is 49.5 Å². The summed E-state index contributed by atoms with van der Waals surface area (Å²) in [7, 11) is -9.93. The largest absolute Gasteiger partial charge is 0.446 e. The summed E-state index contributed by atoms with van der Waals surface area (Å²) in [4.78, 5) is 59.8. The predicted octanol–water partition coefficient (Wildman–Crippen LogP) is 5.97. The smallest absolute Gasteiger partial charge is 0.414 e. The molecule has 1 saturated carbocycles. The second-order valence-corrected chi connectivity index (χ2v) is 15.2. The molecule has 2 aromatic rings. The number of hydrogen-bond donors (Lipinski definition) is 4. The third-order valence-corrected chi connectivity index (χ3v) is 12.0. The number of hydrogen-bond acceptors (Lipinski definition) is 6. The number of ether oxygens (including phenoxy) is 1. The van der Waals surface area contributed by atoms with Crippen molar-refractivity contribution in [3.05, 3.63) is 35.5 Å². The molecule has 11 nitrogen and oxygen atoms in total. The normalized spacial score (nSPS) is 18.8. The fourth-order valence-corrected chi connectivity index (χ4v) is 8.33. The Kier molecular flexibility index (Phi) is 12.2. The number of anilines is 1. The molecular weight excluding hydrogens is 592 g/mol. The molecule has 0 bridgehead atoms. The van der Waals surface area contributed by atoms with Crippen LogP contribution in [-0.2, 0) is 13.9 Å². The Hall–Kier alpha value is -1.55. The maximum Gasteiger partial charge on any atom is 0.414 e. The number of amides is 1. The molecule has 230 valence electrons. The Bertz CT molecular complexity index is 1250. The highest BCUT2D eigenvalue weighted by molar-refractivity contribution is 7.70. The van der Waals surface area contributed by atoms with E-state index in [0.29, 0.717) is 35.5 Å². The molecule has 4 N–H and O–H groups in total. The minimum atomic E-state index is -4.97. The van der Waals surface area contributed by atoms with E-state index in [1.807, 2.05) is 13.0 Å². The van der Waals surface area contributed by atoms with E-state index < -0.39 is 32.8 Å². The van der Waals surface area contributed by atoms with E-state index in [0.717, 1.165) is 37.9 Å². The van der Waals surface area contributed by atoms with Crippen molar-refractivity contribution in [2.24, 2.45) is 5.92 Å². The molecule has 1 aliphatic carbocycles. The molecule has 0 spiro atoms. The van der Waals surface area contributed by atoms with Crippen LogP contribution in [0.5, 0.6) is 0 Å². The maximum atomic E-state index is 13.7. The zero-order valence-electron chi connectivity index (χ0n) is 23.8. The van der Waals surface area contributed by atoms with E-state index in [2.05, 4.69) is 23.7 Å². The van der Waals surface area contributed by atoms with Crippen molar-refractivity contribution in [2.75, 3.05) is 24.5 Å². The summed E-state index contributed by atoms with van der Waals surface area (Å²) in [6.07, 6.45) is 3.94. The summed E-state index contributed by atoms with van der Waals surface area (Å²) < 4.78 is 29.3. The first-order valence-electron chi connectivity index (χ1n) is 14.1. The number of halogens is 1. The molecule has 0 radical (unpaired) electrons. The highest BCUT2D eigenvalue weighted by Crippen LogP contribution is 2.62. The highest BCUT2D eigenvalue weighted by atomic mass is 35.5. The molecule has 3 atom stereocenters. The van der Waals surface area contributed by atoms with Gasteiger partial charge in [-0.25, -0.2) is 4.79 Å². The Labute approximate surface area is 246 Å². The van der Waals surface area contributed by atoms with Gasteiger partial charge in [0, 0.05) is 22.6 Å². The van der Waals surface area contributed by atoms with Gasteiger partial charge in [-0.3, -0.25) is 19.0 Å². The molecular formula is C27H42ClN3O8P2. The van der Waals surface area contributed by atoms with Gasteiger partial charge in [0.1, 0.15) is 6.10 Å². The number of rotatable bonds is 14. The molecule has 1 aromatic heterocycles. The molecule has 1 fully saturated rings. The second-order valence-electron chi connectivity index (χ2n) is 10.8. The van der Waals surface area contributed by atoms with E-state index in [9.17, 15) is 33.5 Å². The summed E-state index contributed by atoms with van der Waals surface area (Å²) in [6.45, 7) is 9.07. The van der Waals surface area contributed by atoms with E-state index in [4.69, 9.17) is 16.3 Å². The van der Waals surface area contributed by atoms with Gasteiger partial charge in [-0.05, 0) is 102 Å². The van der Waals surface area contributed by atoms with Crippen molar-refractivity contribution in [1.82, 2.24) is 9.88 Å². The lowest BCUT2D eigenvalue weighted by molar-refractivity contribution is 0.103. The van der Waals surface area contributed by atoms with Crippen molar-refractivity contribution < 1.29 is 38.2 Å². The molecule has 1 amide bonds.